The van der Waals surface area contributed by atoms with E-state index in [1.165, 1.54) is 25.7 Å². The summed E-state index contributed by atoms with van der Waals surface area (Å²) in [7, 11) is 0. The predicted octanol–water partition coefficient (Wildman–Crippen LogP) is 4.50. The zero-order valence-corrected chi connectivity index (χ0v) is 12.3. The van der Waals surface area contributed by atoms with E-state index in [2.05, 4.69) is 16.8 Å². The van der Waals surface area contributed by atoms with Gasteiger partial charge in [0.1, 0.15) is 0 Å². The van der Waals surface area contributed by atoms with Crippen LogP contribution in [0.1, 0.15) is 39.0 Å². The number of hydrogen-bond acceptors (Lipinski definition) is 2. The molecular formula is C14H20Cl2N2. The molecule has 1 fully saturated rings. The molecular weight excluding hydrogens is 267 g/mol. The Morgan fingerprint density at radius 1 is 1.44 bits per heavy atom. The van der Waals surface area contributed by atoms with Gasteiger partial charge >= 0.3 is 0 Å². The van der Waals surface area contributed by atoms with Crippen LogP contribution in [0.25, 0.3) is 0 Å². The van der Waals surface area contributed by atoms with Gasteiger partial charge in [0.05, 0.1) is 10.7 Å². The normalized spacial score (nSPS) is 22.6. The molecule has 1 aromatic rings. The summed E-state index contributed by atoms with van der Waals surface area (Å²) in [5, 5.41) is 0.947. The summed E-state index contributed by atoms with van der Waals surface area (Å²) in [4.78, 5) is 6.49. The smallest absolute Gasteiger partial charge is 0.0822 e. The van der Waals surface area contributed by atoms with Crippen molar-refractivity contribution in [1.82, 2.24) is 4.98 Å². The summed E-state index contributed by atoms with van der Waals surface area (Å²) < 4.78 is 0. The topological polar surface area (TPSA) is 16.1 Å². The molecule has 100 valence electrons. The number of halogens is 2. The molecule has 1 aliphatic heterocycles. The molecule has 0 aromatic carbocycles. The van der Waals surface area contributed by atoms with Gasteiger partial charge in [-0.25, -0.2) is 0 Å². The van der Waals surface area contributed by atoms with Crippen LogP contribution in [-0.4, -0.2) is 22.9 Å². The standard InChI is InChI=1S/C14H20Cl2N2/c1-11(15)9-12-5-3-2-4-8-18(12)14-6-7-17-10-13(14)16/h6-7,10-12H,2-5,8-9H2,1H3. The zero-order valence-electron chi connectivity index (χ0n) is 10.8. The van der Waals surface area contributed by atoms with Crippen LogP contribution in [0.3, 0.4) is 0 Å². The van der Waals surface area contributed by atoms with E-state index in [0.717, 1.165) is 23.7 Å². The van der Waals surface area contributed by atoms with Crippen molar-refractivity contribution in [2.75, 3.05) is 11.4 Å². The van der Waals surface area contributed by atoms with E-state index in [9.17, 15) is 0 Å². The van der Waals surface area contributed by atoms with Gasteiger partial charge in [0.15, 0.2) is 0 Å². The first kappa shape index (κ1) is 14.0. The number of pyridine rings is 1. The minimum atomic E-state index is 0.205. The van der Waals surface area contributed by atoms with Crippen LogP contribution in [0.2, 0.25) is 5.02 Å². The molecule has 1 aromatic heterocycles. The molecule has 2 nitrogen and oxygen atoms in total. The molecule has 0 amide bonds. The second-order valence-electron chi connectivity index (χ2n) is 5.04. The highest BCUT2D eigenvalue weighted by atomic mass is 35.5. The first-order chi connectivity index (χ1) is 8.68. The van der Waals surface area contributed by atoms with Crippen LogP contribution >= 0.6 is 23.2 Å². The van der Waals surface area contributed by atoms with Crippen molar-refractivity contribution < 1.29 is 0 Å². The predicted molar refractivity (Wildman–Crippen MR) is 78.8 cm³/mol. The number of rotatable bonds is 3. The molecule has 2 unspecified atom stereocenters. The Morgan fingerprint density at radius 3 is 3.00 bits per heavy atom. The Hall–Kier alpha value is -0.470. The zero-order chi connectivity index (χ0) is 13.0. The fourth-order valence-electron chi connectivity index (χ4n) is 2.72. The van der Waals surface area contributed by atoms with Crippen molar-refractivity contribution >= 4 is 28.9 Å². The third kappa shape index (κ3) is 3.52. The molecule has 2 heterocycles. The van der Waals surface area contributed by atoms with Crippen LogP contribution in [-0.2, 0) is 0 Å². The average Bonchev–Trinajstić information content (AvgIpc) is 2.55. The minimum Gasteiger partial charge on any atom is -0.367 e. The largest absolute Gasteiger partial charge is 0.367 e. The molecule has 4 heteroatoms. The van der Waals surface area contributed by atoms with E-state index in [4.69, 9.17) is 23.2 Å². The van der Waals surface area contributed by atoms with Gasteiger partial charge in [0.2, 0.25) is 0 Å². The highest BCUT2D eigenvalue weighted by Gasteiger charge is 2.24. The molecule has 2 rings (SSSR count). The first-order valence-electron chi connectivity index (χ1n) is 6.68. The second-order valence-corrected chi connectivity index (χ2v) is 6.19. The summed E-state index contributed by atoms with van der Waals surface area (Å²) in [6.07, 6.45) is 9.57. The summed E-state index contributed by atoms with van der Waals surface area (Å²) in [5.41, 5.74) is 1.11. The number of alkyl halides is 1. The number of nitrogens with zero attached hydrogens (tertiary/aromatic N) is 2. The lowest BCUT2D eigenvalue weighted by atomic mass is 10.0. The molecule has 18 heavy (non-hydrogen) atoms. The van der Waals surface area contributed by atoms with Gasteiger partial charge in [-0.15, -0.1) is 11.6 Å². The molecule has 1 saturated heterocycles. The molecule has 1 aliphatic rings. The Bertz CT molecular complexity index is 382. The summed E-state index contributed by atoms with van der Waals surface area (Å²) in [5.74, 6) is 0. The third-order valence-electron chi connectivity index (χ3n) is 3.53. The Balaban J connectivity index is 2.22. The van der Waals surface area contributed by atoms with Gasteiger partial charge < -0.3 is 4.90 Å². The highest BCUT2D eigenvalue weighted by molar-refractivity contribution is 6.33. The fourth-order valence-corrected chi connectivity index (χ4v) is 3.15. The van der Waals surface area contributed by atoms with Crippen molar-refractivity contribution in [3.8, 4) is 0 Å². The number of aromatic nitrogens is 1. The van der Waals surface area contributed by atoms with E-state index in [0.29, 0.717) is 6.04 Å². The van der Waals surface area contributed by atoms with Crippen LogP contribution in [0, 0.1) is 0 Å². The van der Waals surface area contributed by atoms with Crippen molar-refractivity contribution in [3.63, 3.8) is 0 Å². The van der Waals surface area contributed by atoms with Gasteiger partial charge in [-0.3, -0.25) is 4.98 Å². The first-order valence-corrected chi connectivity index (χ1v) is 7.50. The molecule has 0 bridgehead atoms. The van der Waals surface area contributed by atoms with Crippen LogP contribution in [0.4, 0.5) is 5.69 Å². The molecule has 0 spiro atoms. The van der Waals surface area contributed by atoms with Crippen molar-refractivity contribution in [3.05, 3.63) is 23.5 Å². The third-order valence-corrected chi connectivity index (χ3v) is 4.00. The molecule has 0 aliphatic carbocycles. The monoisotopic (exact) mass is 286 g/mol. The van der Waals surface area contributed by atoms with Gasteiger partial charge in [-0.2, -0.15) is 0 Å². The molecule has 0 saturated carbocycles. The molecule has 0 N–H and O–H groups in total. The van der Waals surface area contributed by atoms with E-state index >= 15 is 0 Å². The minimum absolute atomic E-state index is 0.205. The lowest BCUT2D eigenvalue weighted by Crippen LogP contribution is -2.36. The van der Waals surface area contributed by atoms with E-state index < -0.39 is 0 Å². The Morgan fingerprint density at radius 2 is 2.28 bits per heavy atom. The molecule has 0 radical (unpaired) electrons. The van der Waals surface area contributed by atoms with Crippen molar-refractivity contribution in [2.45, 2.75) is 50.4 Å². The van der Waals surface area contributed by atoms with E-state index in [1.807, 2.05) is 12.3 Å². The van der Waals surface area contributed by atoms with E-state index in [1.54, 1.807) is 6.20 Å². The van der Waals surface area contributed by atoms with Crippen molar-refractivity contribution in [1.29, 1.82) is 0 Å². The summed E-state index contributed by atoms with van der Waals surface area (Å²) >= 11 is 12.5. The van der Waals surface area contributed by atoms with E-state index in [-0.39, 0.29) is 5.38 Å². The van der Waals surface area contributed by atoms with Crippen LogP contribution in [0.5, 0.6) is 0 Å². The van der Waals surface area contributed by atoms with Gasteiger partial charge in [0, 0.05) is 30.4 Å². The Labute approximate surface area is 119 Å². The maximum atomic E-state index is 6.28. The maximum Gasteiger partial charge on any atom is 0.0822 e. The number of hydrogen-bond donors (Lipinski definition) is 0. The van der Waals surface area contributed by atoms with Gasteiger partial charge in [0.25, 0.3) is 0 Å². The maximum absolute atomic E-state index is 6.28. The fraction of sp³-hybridized carbons (Fsp3) is 0.643. The van der Waals surface area contributed by atoms with Crippen LogP contribution in [0.15, 0.2) is 18.5 Å². The SMILES string of the molecule is CC(Cl)CC1CCCCCN1c1ccncc1Cl. The Kier molecular flexibility index (Phi) is 5.13. The average molecular weight is 287 g/mol. The molecule has 2 atom stereocenters. The summed E-state index contributed by atoms with van der Waals surface area (Å²) in [6.45, 7) is 3.14. The van der Waals surface area contributed by atoms with Gasteiger partial charge in [-0.05, 0) is 32.3 Å². The lowest BCUT2D eigenvalue weighted by molar-refractivity contribution is 0.530. The number of anilines is 1. The van der Waals surface area contributed by atoms with Gasteiger partial charge in [-0.1, -0.05) is 24.4 Å². The summed E-state index contributed by atoms with van der Waals surface area (Å²) in [6, 6.07) is 2.51. The lowest BCUT2D eigenvalue weighted by Gasteiger charge is -2.33. The van der Waals surface area contributed by atoms with Crippen molar-refractivity contribution in [2.24, 2.45) is 0 Å². The highest BCUT2D eigenvalue weighted by Crippen LogP contribution is 2.31. The quantitative estimate of drug-likeness (QED) is 0.761. The van der Waals surface area contributed by atoms with Crippen LogP contribution < -0.4 is 4.90 Å². The second kappa shape index (κ2) is 6.63.